The molecule has 1 aliphatic heterocycles. The van der Waals surface area contributed by atoms with Crippen molar-refractivity contribution in [1.29, 1.82) is 0 Å². The van der Waals surface area contributed by atoms with Gasteiger partial charge in [0.1, 0.15) is 11.6 Å². The van der Waals surface area contributed by atoms with Gasteiger partial charge in [0.15, 0.2) is 5.78 Å². The highest BCUT2D eigenvalue weighted by atomic mass is 79.9. The van der Waals surface area contributed by atoms with Crippen LogP contribution in [-0.2, 0) is 15.6 Å². The van der Waals surface area contributed by atoms with Gasteiger partial charge in [-0.3, -0.25) is 4.79 Å². The molecule has 0 bridgehead atoms. The van der Waals surface area contributed by atoms with Gasteiger partial charge in [0.05, 0.1) is 28.8 Å². The first-order valence-electron chi connectivity index (χ1n) is 11.2. The number of ketones is 1. The van der Waals surface area contributed by atoms with Crippen LogP contribution in [-0.4, -0.2) is 47.4 Å². The zero-order valence-electron chi connectivity index (χ0n) is 20.4. The summed E-state index contributed by atoms with van der Waals surface area (Å²) >= 11 is 3.27. The molecule has 1 aromatic rings. The van der Waals surface area contributed by atoms with Crippen molar-refractivity contribution in [2.75, 3.05) is 19.7 Å². The number of carbonyl (C=O) groups excluding carboxylic acids is 1. The largest absolute Gasteiger partial charge is 0.507 e. The predicted octanol–water partition coefficient (Wildman–Crippen LogP) is 6.02. The fourth-order valence-corrected chi connectivity index (χ4v) is 4.53. The van der Waals surface area contributed by atoms with Gasteiger partial charge in [-0.05, 0) is 49.7 Å². The molecule has 31 heavy (non-hydrogen) atoms. The first kappa shape index (κ1) is 25.9. The molecular weight excluding hydrogens is 456 g/mol. The predicted molar refractivity (Wildman–Crippen MR) is 132 cm³/mol. The highest BCUT2D eigenvalue weighted by Crippen LogP contribution is 2.40. The van der Waals surface area contributed by atoms with Gasteiger partial charge in [-0.2, -0.15) is 4.02 Å². The van der Waals surface area contributed by atoms with Gasteiger partial charge in [0, 0.05) is 35.8 Å². The van der Waals surface area contributed by atoms with E-state index in [9.17, 15) is 9.90 Å². The fraction of sp³-hybridized carbons (Fsp3) is 0.680. The van der Waals surface area contributed by atoms with E-state index in [1.54, 1.807) is 0 Å². The number of ether oxygens (including phenoxy) is 1. The maximum absolute atomic E-state index is 13.3. The Kier molecular flexibility index (Phi) is 8.37. The second-order valence-corrected chi connectivity index (χ2v) is 11.3. The summed E-state index contributed by atoms with van der Waals surface area (Å²) in [5.41, 5.74) is 1.73. The number of benzene rings is 1. The van der Waals surface area contributed by atoms with Crippen LogP contribution in [0.3, 0.4) is 0 Å². The third-order valence-electron chi connectivity index (χ3n) is 5.82. The molecule has 174 valence electrons. The van der Waals surface area contributed by atoms with Crippen LogP contribution in [0.15, 0.2) is 16.2 Å². The number of hydrogen-bond acceptors (Lipinski definition) is 4. The van der Waals surface area contributed by atoms with Crippen LogP contribution in [0.1, 0.15) is 89.7 Å². The molecule has 0 saturated carbocycles. The zero-order valence-corrected chi connectivity index (χ0v) is 22.0. The molecule has 5 nitrogen and oxygen atoms in total. The molecule has 1 aromatic carbocycles. The van der Waals surface area contributed by atoms with Crippen LogP contribution in [0.5, 0.6) is 5.75 Å². The summed E-state index contributed by atoms with van der Waals surface area (Å²) in [6, 6.07) is 3.73. The average Bonchev–Trinajstić information content (AvgIpc) is 3.00. The van der Waals surface area contributed by atoms with Gasteiger partial charge in [-0.15, -0.1) is 0 Å². The Labute approximate surface area is 196 Å². The van der Waals surface area contributed by atoms with Gasteiger partial charge in [0.25, 0.3) is 0 Å². The Balaban J connectivity index is 2.25. The summed E-state index contributed by atoms with van der Waals surface area (Å²) in [4.78, 5) is 15.4. The van der Waals surface area contributed by atoms with Gasteiger partial charge in [-0.1, -0.05) is 41.5 Å². The zero-order chi connectivity index (χ0) is 23.6. The summed E-state index contributed by atoms with van der Waals surface area (Å²) < 4.78 is 10.0. The maximum atomic E-state index is 13.3. The maximum Gasteiger partial charge on any atom is 0.182 e. The van der Waals surface area contributed by atoms with Gasteiger partial charge >= 0.3 is 0 Å². The van der Waals surface area contributed by atoms with E-state index >= 15 is 0 Å². The van der Waals surface area contributed by atoms with Crippen LogP contribution >= 0.6 is 16.1 Å². The summed E-state index contributed by atoms with van der Waals surface area (Å²) in [5, 5.41) is 10.9. The SMILES string of the molecule is CC(C)OCCC1CCN(CC(=O)c2cc(C(C)(C)C)c(O)c(C(C)(C)C)c2)C1=NBr. The lowest BCUT2D eigenvalue weighted by atomic mass is 9.78. The van der Waals surface area contributed by atoms with Crippen molar-refractivity contribution in [3.05, 3.63) is 28.8 Å². The lowest BCUT2D eigenvalue weighted by molar-refractivity contribution is 0.0728. The molecule has 0 spiro atoms. The molecule has 0 aromatic heterocycles. The van der Waals surface area contributed by atoms with Gasteiger partial charge in [0.2, 0.25) is 0 Å². The van der Waals surface area contributed by atoms with Crippen molar-refractivity contribution in [3.63, 3.8) is 0 Å². The van der Waals surface area contributed by atoms with E-state index in [4.69, 9.17) is 4.74 Å². The lowest BCUT2D eigenvalue weighted by Gasteiger charge is -2.28. The number of Topliss-reactive ketones (excluding diaryl/α,β-unsaturated/α-hetero) is 1. The number of likely N-dealkylation sites (tertiary alicyclic amines) is 1. The van der Waals surface area contributed by atoms with E-state index in [2.05, 4.69) is 66.6 Å². The Bertz CT molecular complexity index is 784. The Hall–Kier alpha value is -1.40. The third-order valence-corrected chi connectivity index (χ3v) is 6.19. The second kappa shape index (κ2) is 10.0. The first-order valence-corrected chi connectivity index (χ1v) is 11.9. The summed E-state index contributed by atoms with van der Waals surface area (Å²) in [7, 11) is 0. The molecular formula is C25H39BrN2O3. The minimum absolute atomic E-state index is 0.0451. The normalized spacial score (nSPS) is 19.0. The van der Waals surface area contributed by atoms with Crippen LogP contribution in [0, 0.1) is 5.92 Å². The number of hydrogen-bond donors (Lipinski definition) is 1. The number of halogens is 1. The van der Waals surface area contributed by atoms with E-state index in [-0.39, 0.29) is 29.3 Å². The number of nitrogens with zero attached hydrogens (tertiary/aromatic N) is 2. The van der Waals surface area contributed by atoms with Crippen molar-refractivity contribution in [1.82, 2.24) is 4.90 Å². The molecule has 1 N–H and O–H groups in total. The molecule has 6 heteroatoms. The quantitative estimate of drug-likeness (QED) is 0.471. The number of phenolic OH excluding ortho intramolecular Hbond substituents is 1. The average molecular weight is 496 g/mol. The van der Waals surface area contributed by atoms with Crippen molar-refractivity contribution in [3.8, 4) is 5.75 Å². The van der Waals surface area contributed by atoms with E-state index in [0.29, 0.717) is 23.8 Å². The Morgan fingerprint density at radius 2 is 1.74 bits per heavy atom. The Morgan fingerprint density at radius 1 is 1.19 bits per heavy atom. The van der Waals surface area contributed by atoms with E-state index in [1.165, 1.54) is 0 Å². The first-order chi connectivity index (χ1) is 14.3. The summed E-state index contributed by atoms with van der Waals surface area (Å²) in [6.45, 7) is 18.2. The monoisotopic (exact) mass is 494 g/mol. The minimum Gasteiger partial charge on any atom is -0.507 e. The van der Waals surface area contributed by atoms with E-state index < -0.39 is 0 Å². The second-order valence-electron chi connectivity index (χ2n) is 10.9. The third kappa shape index (κ3) is 6.55. The van der Waals surface area contributed by atoms with Crippen LogP contribution < -0.4 is 0 Å². The highest BCUT2D eigenvalue weighted by molar-refractivity contribution is 9.08. The molecule has 1 heterocycles. The fourth-order valence-electron chi connectivity index (χ4n) is 4.02. The molecule has 1 saturated heterocycles. The van der Waals surface area contributed by atoms with Gasteiger partial charge < -0.3 is 14.7 Å². The number of rotatable bonds is 7. The smallest absolute Gasteiger partial charge is 0.182 e. The Morgan fingerprint density at radius 3 is 2.19 bits per heavy atom. The van der Waals surface area contributed by atoms with E-state index in [0.717, 1.165) is 36.3 Å². The van der Waals surface area contributed by atoms with Crippen LogP contribution in [0.25, 0.3) is 0 Å². The number of aromatic hydroxyl groups is 1. The summed E-state index contributed by atoms with van der Waals surface area (Å²) in [6.07, 6.45) is 2.08. The molecule has 1 atom stereocenters. The van der Waals surface area contributed by atoms with E-state index in [1.807, 2.05) is 26.0 Å². The molecule has 1 fully saturated rings. The molecule has 1 unspecified atom stereocenters. The topological polar surface area (TPSA) is 62.1 Å². The van der Waals surface area contributed by atoms with Crippen LogP contribution in [0.2, 0.25) is 0 Å². The molecule has 1 aliphatic rings. The lowest BCUT2D eigenvalue weighted by Crippen LogP contribution is -2.33. The standard InChI is InChI=1S/C25H39BrN2O3/c1-16(2)31-12-10-17-9-11-28(23(17)27-26)15-21(29)18-13-19(24(3,4)5)22(30)20(14-18)25(6,7)8/h13-14,16-17,30H,9-12,15H2,1-8H3. The summed E-state index contributed by atoms with van der Waals surface area (Å²) in [5.74, 6) is 1.56. The van der Waals surface area contributed by atoms with Crippen LogP contribution in [0.4, 0.5) is 0 Å². The number of phenols is 1. The van der Waals surface area contributed by atoms with Gasteiger partial charge in [-0.25, -0.2) is 0 Å². The molecule has 0 aliphatic carbocycles. The van der Waals surface area contributed by atoms with Crippen molar-refractivity contribution >= 4 is 27.8 Å². The minimum atomic E-state index is -0.266. The molecule has 2 rings (SSSR count). The number of amidine groups is 1. The van der Waals surface area contributed by atoms with Crippen molar-refractivity contribution in [2.24, 2.45) is 9.94 Å². The highest BCUT2D eigenvalue weighted by Gasteiger charge is 2.32. The number of carbonyl (C=O) groups is 1. The molecule has 0 amide bonds. The molecule has 0 radical (unpaired) electrons. The van der Waals surface area contributed by atoms with Crippen molar-refractivity contribution < 1.29 is 14.6 Å². The van der Waals surface area contributed by atoms with Crippen molar-refractivity contribution in [2.45, 2.75) is 85.2 Å².